The number of benzene rings is 1. The largest absolute Gasteiger partial charge is 0.370 e. The second-order valence-corrected chi connectivity index (χ2v) is 10.4. The summed E-state index contributed by atoms with van der Waals surface area (Å²) in [5, 5.41) is 3.43. The van der Waals surface area contributed by atoms with Gasteiger partial charge in [-0.15, -0.1) is 0 Å². The Morgan fingerprint density at radius 1 is 1.37 bits per heavy atom. The number of hydrogen-bond donors (Lipinski definition) is 1. The fraction of sp³-hybridized carbons (Fsp3) is 0.650. The Morgan fingerprint density at radius 3 is 2.70 bits per heavy atom. The van der Waals surface area contributed by atoms with Gasteiger partial charge in [0, 0.05) is 26.4 Å². The minimum atomic E-state index is -2.95. The zero-order valence-corrected chi connectivity index (χ0v) is 18.0. The summed E-state index contributed by atoms with van der Waals surface area (Å²) in [6, 6.07) is 8.31. The van der Waals surface area contributed by atoms with Crippen LogP contribution < -0.4 is 5.32 Å². The molecule has 1 N–H and O–H groups in total. The minimum Gasteiger partial charge on any atom is -0.370 e. The average Bonchev–Trinajstić information content (AvgIpc) is 2.61. The third-order valence-corrected chi connectivity index (χ3v) is 5.93. The van der Waals surface area contributed by atoms with Gasteiger partial charge < -0.3 is 15.0 Å². The van der Waals surface area contributed by atoms with Gasteiger partial charge >= 0.3 is 0 Å². The predicted octanol–water partition coefficient (Wildman–Crippen LogP) is 2.40. The quantitative estimate of drug-likeness (QED) is 0.592. The number of aryl methyl sites for hydroxylation is 1. The van der Waals surface area contributed by atoms with E-state index in [1.807, 2.05) is 12.1 Å². The molecule has 0 bridgehead atoms. The van der Waals surface area contributed by atoms with Crippen LogP contribution in [0.3, 0.4) is 0 Å². The van der Waals surface area contributed by atoms with E-state index >= 15 is 0 Å². The van der Waals surface area contributed by atoms with Crippen LogP contribution in [-0.2, 0) is 14.6 Å². The number of nitrogens with zero attached hydrogens (tertiary/aromatic N) is 2. The Balaban J connectivity index is 1.97. The molecule has 1 unspecified atom stereocenters. The van der Waals surface area contributed by atoms with Gasteiger partial charge in [0.1, 0.15) is 15.9 Å². The van der Waals surface area contributed by atoms with Crippen molar-refractivity contribution in [2.24, 2.45) is 10.4 Å². The number of morpholine rings is 1. The van der Waals surface area contributed by atoms with Crippen molar-refractivity contribution < 1.29 is 13.2 Å². The monoisotopic (exact) mass is 395 g/mol. The third-order valence-electron chi connectivity index (χ3n) is 4.99. The molecule has 0 aromatic heterocycles. The van der Waals surface area contributed by atoms with Crippen LogP contribution in [0, 0.1) is 12.3 Å². The number of ether oxygens (including phenoxy) is 1. The third kappa shape index (κ3) is 6.81. The molecule has 0 amide bonds. The fourth-order valence-corrected chi connectivity index (χ4v) is 4.10. The van der Waals surface area contributed by atoms with E-state index in [9.17, 15) is 8.42 Å². The smallest absolute Gasteiger partial charge is 0.193 e. The molecule has 1 saturated heterocycles. The summed E-state index contributed by atoms with van der Waals surface area (Å²) in [6.07, 6.45) is 1.93. The Bertz CT molecular complexity index is 759. The van der Waals surface area contributed by atoms with Gasteiger partial charge in [0.05, 0.1) is 18.9 Å². The summed E-state index contributed by atoms with van der Waals surface area (Å²) < 4.78 is 28.9. The van der Waals surface area contributed by atoms with Crippen LogP contribution in [0.1, 0.15) is 37.5 Å². The molecule has 1 aromatic rings. The number of guanidine groups is 1. The van der Waals surface area contributed by atoms with Gasteiger partial charge in [0.15, 0.2) is 5.96 Å². The van der Waals surface area contributed by atoms with Crippen molar-refractivity contribution in [3.8, 4) is 0 Å². The molecule has 0 radical (unpaired) electrons. The molecule has 0 spiro atoms. The fourth-order valence-electron chi connectivity index (χ4n) is 3.18. The first-order valence-electron chi connectivity index (χ1n) is 9.42. The van der Waals surface area contributed by atoms with Crippen LogP contribution in [0.2, 0.25) is 0 Å². The Kier molecular flexibility index (Phi) is 7.28. The standard InChI is InChI=1S/C20H33N3O3S/c1-16-8-6-7-9-17(16)18-14-23(11-12-26-18)19(21-4)22-15-20(2,3)10-13-27(5,24)25/h6-9,18H,10-15H2,1-5H3,(H,21,22). The number of hydrogen-bond acceptors (Lipinski definition) is 4. The number of aliphatic imine (C=N–C) groups is 1. The van der Waals surface area contributed by atoms with Crippen molar-refractivity contribution in [2.75, 3.05) is 45.3 Å². The molecular weight excluding hydrogens is 362 g/mol. The van der Waals surface area contributed by atoms with Crippen LogP contribution in [-0.4, -0.2) is 64.6 Å². The van der Waals surface area contributed by atoms with E-state index in [2.05, 4.69) is 48.1 Å². The SMILES string of the molecule is CN=C(NCC(C)(C)CCS(C)(=O)=O)N1CCOC(c2ccccc2C)C1. The molecule has 1 atom stereocenters. The van der Waals surface area contributed by atoms with E-state index in [-0.39, 0.29) is 17.3 Å². The first-order valence-corrected chi connectivity index (χ1v) is 11.5. The zero-order valence-electron chi connectivity index (χ0n) is 17.2. The highest BCUT2D eigenvalue weighted by Gasteiger charge is 2.27. The van der Waals surface area contributed by atoms with Gasteiger partial charge in [-0.2, -0.15) is 0 Å². The van der Waals surface area contributed by atoms with Crippen molar-refractivity contribution >= 4 is 15.8 Å². The second kappa shape index (κ2) is 9.06. The number of nitrogens with one attached hydrogen (secondary N) is 1. The molecule has 27 heavy (non-hydrogen) atoms. The van der Waals surface area contributed by atoms with E-state index in [0.29, 0.717) is 19.6 Å². The summed E-state index contributed by atoms with van der Waals surface area (Å²) in [7, 11) is -1.17. The highest BCUT2D eigenvalue weighted by Crippen LogP contribution is 2.25. The van der Waals surface area contributed by atoms with E-state index in [1.54, 1.807) is 7.05 Å². The van der Waals surface area contributed by atoms with Crippen molar-refractivity contribution in [3.05, 3.63) is 35.4 Å². The van der Waals surface area contributed by atoms with Crippen LogP contribution in [0.25, 0.3) is 0 Å². The maximum absolute atomic E-state index is 11.5. The Labute approximate surface area is 163 Å². The maximum Gasteiger partial charge on any atom is 0.193 e. The molecule has 1 fully saturated rings. The normalized spacial score (nSPS) is 19.2. The summed E-state index contributed by atoms with van der Waals surface area (Å²) >= 11 is 0. The molecule has 0 saturated carbocycles. The topological polar surface area (TPSA) is 71.0 Å². The molecule has 152 valence electrons. The van der Waals surface area contributed by atoms with Crippen LogP contribution >= 0.6 is 0 Å². The highest BCUT2D eigenvalue weighted by molar-refractivity contribution is 7.90. The Morgan fingerprint density at radius 2 is 2.07 bits per heavy atom. The Hall–Kier alpha value is -1.60. The van der Waals surface area contributed by atoms with Crippen LogP contribution in [0.15, 0.2) is 29.3 Å². The summed E-state index contributed by atoms with van der Waals surface area (Å²) in [6.45, 7) is 9.11. The van der Waals surface area contributed by atoms with Gasteiger partial charge in [-0.1, -0.05) is 38.1 Å². The lowest BCUT2D eigenvalue weighted by atomic mass is 9.90. The first kappa shape index (κ1) is 21.7. The molecule has 1 aromatic carbocycles. The van der Waals surface area contributed by atoms with Gasteiger partial charge in [0.25, 0.3) is 0 Å². The van der Waals surface area contributed by atoms with E-state index in [1.165, 1.54) is 17.4 Å². The molecule has 1 aliphatic rings. The molecule has 7 heteroatoms. The lowest BCUT2D eigenvalue weighted by Gasteiger charge is -2.37. The maximum atomic E-state index is 11.5. The summed E-state index contributed by atoms with van der Waals surface area (Å²) in [4.78, 5) is 6.65. The van der Waals surface area contributed by atoms with Gasteiger partial charge in [-0.3, -0.25) is 4.99 Å². The highest BCUT2D eigenvalue weighted by atomic mass is 32.2. The zero-order chi connectivity index (χ0) is 20.1. The molecule has 0 aliphatic carbocycles. The van der Waals surface area contributed by atoms with Crippen LogP contribution in [0.4, 0.5) is 0 Å². The molecule has 1 aliphatic heterocycles. The van der Waals surface area contributed by atoms with E-state index in [0.717, 1.165) is 19.0 Å². The van der Waals surface area contributed by atoms with Crippen molar-refractivity contribution in [1.82, 2.24) is 10.2 Å². The second-order valence-electron chi connectivity index (χ2n) is 8.11. The lowest BCUT2D eigenvalue weighted by molar-refractivity contribution is -0.00845. The molecule has 2 rings (SSSR count). The van der Waals surface area contributed by atoms with Crippen molar-refractivity contribution in [1.29, 1.82) is 0 Å². The lowest BCUT2D eigenvalue weighted by Crippen LogP contribution is -2.50. The molecule has 1 heterocycles. The first-order chi connectivity index (χ1) is 12.6. The molecular formula is C20H33N3O3S. The van der Waals surface area contributed by atoms with E-state index < -0.39 is 9.84 Å². The van der Waals surface area contributed by atoms with Crippen molar-refractivity contribution in [3.63, 3.8) is 0 Å². The number of sulfone groups is 1. The molecule has 6 nitrogen and oxygen atoms in total. The summed E-state index contributed by atoms with van der Waals surface area (Å²) in [5.41, 5.74) is 2.31. The predicted molar refractivity (Wildman–Crippen MR) is 111 cm³/mol. The average molecular weight is 396 g/mol. The van der Waals surface area contributed by atoms with Gasteiger partial charge in [-0.25, -0.2) is 8.42 Å². The van der Waals surface area contributed by atoms with Crippen molar-refractivity contribution in [2.45, 2.75) is 33.3 Å². The van der Waals surface area contributed by atoms with E-state index in [4.69, 9.17) is 4.74 Å². The number of rotatable bonds is 6. The van der Waals surface area contributed by atoms with Gasteiger partial charge in [0.2, 0.25) is 0 Å². The minimum absolute atomic E-state index is 0.0248. The van der Waals surface area contributed by atoms with Gasteiger partial charge in [-0.05, 0) is 29.9 Å². The van der Waals surface area contributed by atoms with Crippen LogP contribution in [0.5, 0.6) is 0 Å². The summed E-state index contributed by atoms with van der Waals surface area (Å²) in [5.74, 6) is 1.04.